The van der Waals surface area contributed by atoms with Crippen molar-refractivity contribution in [2.75, 3.05) is 0 Å². The van der Waals surface area contributed by atoms with Gasteiger partial charge < -0.3 is 5.32 Å². The van der Waals surface area contributed by atoms with Crippen molar-refractivity contribution < 1.29 is 4.79 Å². The molecule has 2 aromatic rings. The molecule has 1 amide bonds. The monoisotopic (exact) mass is 262 g/mol. The number of rotatable bonds is 2. The maximum Gasteiger partial charge on any atom is 0.329 e. The van der Waals surface area contributed by atoms with Crippen LogP contribution in [0.2, 0.25) is 0 Å². The predicted octanol–water partition coefficient (Wildman–Crippen LogP) is -0.240. The number of carbonyl (C=O) groups is 1. The highest BCUT2D eigenvalue weighted by Crippen LogP contribution is 2.07. The number of hydrogen-bond acceptors (Lipinski definition) is 4. The average molecular weight is 262 g/mol. The predicted molar refractivity (Wildman–Crippen MR) is 70.2 cm³/mol. The van der Waals surface area contributed by atoms with E-state index >= 15 is 0 Å². The van der Waals surface area contributed by atoms with E-state index in [1.807, 2.05) is 13.8 Å². The third kappa shape index (κ3) is 2.40. The zero-order valence-corrected chi connectivity index (χ0v) is 10.9. The Balaban J connectivity index is 2.62. The normalized spacial score (nSPS) is 10.9. The summed E-state index contributed by atoms with van der Waals surface area (Å²) in [5.41, 5.74) is -0.561. The summed E-state index contributed by atoms with van der Waals surface area (Å²) in [4.78, 5) is 41.1. The minimum Gasteiger partial charge on any atom is -0.350 e. The molecule has 7 heteroatoms. The molecule has 0 radical (unpaired) electrons. The lowest BCUT2D eigenvalue weighted by Gasteiger charge is -2.09. The van der Waals surface area contributed by atoms with Gasteiger partial charge in [-0.3, -0.25) is 19.1 Å². The number of amides is 1. The molecule has 19 heavy (non-hydrogen) atoms. The Morgan fingerprint density at radius 3 is 2.74 bits per heavy atom. The molecular weight excluding hydrogens is 248 g/mol. The number of aromatic amines is 1. The van der Waals surface area contributed by atoms with E-state index in [-0.39, 0.29) is 28.5 Å². The van der Waals surface area contributed by atoms with Crippen LogP contribution in [-0.4, -0.2) is 26.5 Å². The minimum absolute atomic E-state index is 0.0124. The molecule has 0 aliphatic heterocycles. The molecule has 0 unspecified atom stereocenters. The molecule has 2 heterocycles. The Morgan fingerprint density at radius 2 is 2.11 bits per heavy atom. The fraction of sp³-hybridized carbons (Fsp3) is 0.333. The van der Waals surface area contributed by atoms with Gasteiger partial charge in [0.2, 0.25) is 0 Å². The topological polar surface area (TPSA) is 96.8 Å². The lowest BCUT2D eigenvalue weighted by molar-refractivity contribution is 0.0943. The highest BCUT2D eigenvalue weighted by molar-refractivity contribution is 5.96. The molecule has 0 aliphatic carbocycles. The standard InChI is InChI=1S/C12H14N4O3/c1-6(2)14-10(17)7-4-8-9(13-5-7)16(3)12(19)15-11(8)18/h4-6H,1-3H3,(H,14,17)(H,15,18,19). The molecule has 2 aromatic heterocycles. The number of nitrogens with zero attached hydrogens (tertiary/aromatic N) is 2. The van der Waals surface area contributed by atoms with Crippen molar-refractivity contribution in [3.63, 3.8) is 0 Å². The molecule has 0 atom stereocenters. The van der Waals surface area contributed by atoms with Crippen LogP contribution in [-0.2, 0) is 7.05 Å². The van der Waals surface area contributed by atoms with E-state index in [4.69, 9.17) is 0 Å². The van der Waals surface area contributed by atoms with Gasteiger partial charge in [-0.1, -0.05) is 0 Å². The Bertz CT molecular complexity index is 758. The van der Waals surface area contributed by atoms with Crippen LogP contribution in [0.5, 0.6) is 0 Å². The molecule has 0 aliphatic rings. The number of hydrogen-bond donors (Lipinski definition) is 2. The van der Waals surface area contributed by atoms with Crippen molar-refractivity contribution in [3.8, 4) is 0 Å². The highest BCUT2D eigenvalue weighted by Gasteiger charge is 2.12. The molecule has 100 valence electrons. The lowest BCUT2D eigenvalue weighted by atomic mass is 10.2. The first-order valence-electron chi connectivity index (χ1n) is 5.80. The SMILES string of the molecule is CC(C)NC(=O)c1cnc2c(c1)c(=O)[nH]c(=O)n2C. The van der Waals surface area contributed by atoms with E-state index in [9.17, 15) is 14.4 Å². The largest absolute Gasteiger partial charge is 0.350 e. The Kier molecular flexibility index (Phi) is 3.20. The Morgan fingerprint density at radius 1 is 1.42 bits per heavy atom. The molecule has 0 spiro atoms. The first-order chi connectivity index (χ1) is 8.90. The summed E-state index contributed by atoms with van der Waals surface area (Å²) in [6, 6.07) is 1.42. The van der Waals surface area contributed by atoms with Crippen LogP contribution >= 0.6 is 0 Å². The fourth-order valence-electron chi connectivity index (χ4n) is 1.71. The van der Waals surface area contributed by atoms with Crippen LogP contribution in [0.4, 0.5) is 0 Å². The van der Waals surface area contributed by atoms with Crippen molar-refractivity contribution in [1.29, 1.82) is 0 Å². The summed E-state index contributed by atoms with van der Waals surface area (Å²) in [5, 5.41) is 2.92. The number of carbonyl (C=O) groups excluding carboxylic acids is 1. The van der Waals surface area contributed by atoms with Crippen molar-refractivity contribution in [1.82, 2.24) is 19.9 Å². The van der Waals surface area contributed by atoms with Crippen molar-refractivity contribution in [3.05, 3.63) is 38.7 Å². The van der Waals surface area contributed by atoms with Gasteiger partial charge in [0.15, 0.2) is 0 Å². The van der Waals surface area contributed by atoms with Gasteiger partial charge in [0.05, 0.1) is 10.9 Å². The quantitative estimate of drug-likeness (QED) is 0.780. The third-order valence-corrected chi connectivity index (χ3v) is 2.64. The number of H-pyrrole nitrogens is 1. The second-order valence-electron chi connectivity index (χ2n) is 4.54. The van der Waals surface area contributed by atoms with E-state index < -0.39 is 11.2 Å². The number of fused-ring (bicyclic) bond motifs is 1. The molecule has 0 saturated carbocycles. The summed E-state index contributed by atoms with van der Waals surface area (Å²) in [6.07, 6.45) is 1.35. The molecule has 0 saturated heterocycles. The van der Waals surface area contributed by atoms with E-state index in [0.29, 0.717) is 0 Å². The first-order valence-corrected chi connectivity index (χ1v) is 5.80. The van der Waals surface area contributed by atoms with Crippen molar-refractivity contribution in [2.24, 2.45) is 7.05 Å². The smallest absolute Gasteiger partial charge is 0.329 e. The minimum atomic E-state index is -0.551. The fourth-order valence-corrected chi connectivity index (χ4v) is 1.71. The van der Waals surface area contributed by atoms with E-state index in [1.165, 1.54) is 23.9 Å². The molecule has 0 bridgehead atoms. The van der Waals surface area contributed by atoms with E-state index in [2.05, 4.69) is 15.3 Å². The van der Waals surface area contributed by atoms with Crippen LogP contribution < -0.4 is 16.6 Å². The zero-order chi connectivity index (χ0) is 14.2. The summed E-state index contributed by atoms with van der Waals surface area (Å²) >= 11 is 0. The van der Waals surface area contributed by atoms with Crippen LogP contribution in [0.25, 0.3) is 11.0 Å². The second kappa shape index (κ2) is 4.68. The number of pyridine rings is 1. The molecule has 2 N–H and O–H groups in total. The molecule has 2 rings (SSSR count). The van der Waals surface area contributed by atoms with Crippen LogP contribution in [0, 0.1) is 0 Å². The Hall–Kier alpha value is -2.44. The molecule has 0 aromatic carbocycles. The maximum absolute atomic E-state index is 11.8. The van der Waals surface area contributed by atoms with Crippen LogP contribution in [0.15, 0.2) is 21.9 Å². The molecular formula is C12H14N4O3. The number of aromatic nitrogens is 3. The second-order valence-corrected chi connectivity index (χ2v) is 4.54. The van der Waals surface area contributed by atoms with Crippen LogP contribution in [0.1, 0.15) is 24.2 Å². The van der Waals surface area contributed by atoms with Crippen molar-refractivity contribution in [2.45, 2.75) is 19.9 Å². The van der Waals surface area contributed by atoms with Gasteiger partial charge in [-0.05, 0) is 19.9 Å². The van der Waals surface area contributed by atoms with Gasteiger partial charge in [-0.15, -0.1) is 0 Å². The van der Waals surface area contributed by atoms with Crippen LogP contribution in [0.3, 0.4) is 0 Å². The summed E-state index contributed by atoms with van der Waals surface area (Å²) in [6.45, 7) is 3.67. The number of aryl methyl sites for hydroxylation is 1. The Labute approximate surface area is 108 Å². The van der Waals surface area contributed by atoms with Gasteiger partial charge in [0.1, 0.15) is 5.65 Å². The summed E-state index contributed by atoms with van der Waals surface area (Å²) in [7, 11) is 1.50. The maximum atomic E-state index is 11.8. The molecule has 7 nitrogen and oxygen atoms in total. The lowest BCUT2D eigenvalue weighted by Crippen LogP contribution is -2.31. The highest BCUT2D eigenvalue weighted by atomic mass is 16.2. The third-order valence-electron chi connectivity index (χ3n) is 2.64. The summed E-state index contributed by atoms with van der Waals surface area (Å²) < 4.78 is 1.22. The zero-order valence-electron chi connectivity index (χ0n) is 10.9. The van der Waals surface area contributed by atoms with Gasteiger partial charge in [0, 0.05) is 19.3 Å². The van der Waals surface area contributed by atoms with E-state index in [1.54, 1.807) is 0 Å². The van der Waals surface area contributed by atoms with Crippen molar-refractivity contribution >= 4 is 16.9 Å². The van der Waals surface area contributed by atoms with E-state index in [0.717, 1.165) is 0 Å². The van der Waals surface area contributed by atoms with Gasteiger partial charge in [-0.25, -0.2) is 9.78 Å². The van der Waals surface area contributed by atoms with Gasteiger partial charge >= 0.3 is 5.69 Å². The first kappa shape index (κ1) is 13.0. The molecule has 0 fully saturated rings. The number of nitrogens with one attached hydrogen (secondary N) is 2. The average Bonchev–Trinajstić information content (AvgIpc) is 2.34. The van der Waals surface area contributed by atoms with Gasteiger partial charge in [-0.2, -0.15) is 0 Å². The summed E-state index contributed by atoms with van der Waals surface area (Å²) in [5.74, 6) is -0.308. The van der Waals surface area contributed by atoms with Gasteiger partial charge in [0.25, 0.3) is 11.5 Å².